The van der Waals surface area contributed by atoms with Crippen molar-refractivity contribution in [2.75, 3.05) is 19.6 Å². The smallest absolute Gasteiger partial charge is 0.320 e. The van der Waals surface area contributed by atoms with E-state index in [0.717, 1.165) is 25.7 Å². The number of carboxylic acids is 1. The number of carboxylic acid groups (broad SMARTS) is 1. The number of hydrogen-bond donors (Lipinski definition) is 2. The molecule has 1 aliphatic carbocycles. The van der Waals surface area contributed by atoms with E-state index in [9.17, 15) is 14.7 Å². The Labute approximate surface area is 149 Å². The summed E-state index contributed by atoms with van der Waals surface area (Å²) in [6.07, 6.45) is 7.10. The summed E-state index contributed by atoms with van der Waals surface area (Å²) < 4.78 is 0. The number of hydrogen-bond acceptors (Lipinski definition) is 3. The van der Waals surface area contributed by atoms with Gasteiger partial charge in [-0.05, 0) is 37.8 Å². The molecule has 1 saturated carbocycles. The van der Waals surface area contributed by atoms with Gasteiger partial charge in [-0.25, -0.2) is 0 Å². The largest absolute Gasteiger partial charge is 0.480 e. The molecule has 1 heterocycles. The lowest BCUT2D eigenvalue weighted by Gasteiger charge is -2.33. The second kappa shape index (κ2) is 8.00. The van der Waals surface area contributed by atoms with E-state index in [0.29, 0.717) is 19.5 Å². The van der Waals surface area contributed by atoms with Crippen LogP contribution < -0.4 is 5.32 Å². The average molecular weight is 344 g/mol. The fourth-order valence-corrected chi connectivity index (χ4v) is 4.38. The fourth-order valence-electron chi connectivity index (χ4n) is 4.38. The minimum atomic E-state index is -0.816. The van der Waals surface area contributed by atoms with E-state index in [2.05, 4.69) is 29.6 Å². The third-order valence-electron chi connectivity index (χ3n) is 5.82. The summed E-state index contributed by atoms with van der Waals surface area (Å²) in [4.78, 5) is 25.7. The second-order valence-electron chi connectivity index (χ2n) is 7.45. The second-order valence-corrected chi connectivity index (χ2v) is 7.45. The first-order chi connectivity index (χ1) is 12.1. The van der Waals surface area contributed by atoms with Gasteiger partial charge in [-0.1, -0.05) is 49.6 Å². The summed E-state index contributed by atoms with van der Waals surface area (Å²) in [7, 11) is 0. The molecule has 136 valence electrons. The average Bonchev–Trinajstić information content (AvgIpc) is 3.11. The quantitative estimate of drug-likeness (QED) is 0.832. The van der Waals surface area contributed by atoms with E-state index in [1.165, 1.54) is 18.4 Å². The van der Waals surface area contributed by atoms with E-state index in [-0.39, 0.29) is 17.9 Å². The summed E-state index contributed by atoms with van der Waals surface area (Å²) in [6.45, 7) is 1.51. The molecule has 1 unspecified atom stereocenters. The third kappa shape index (κ3) is 4.21. The number of aliphatic carboxylic acids is 1. The van der Waals surface area contributed by atoms with Crippen molar-refractivity contribution in [3.8, 4) is 0 Å². The minimum Gasteiger partial charge on any atom is -0.480 e. The zero-order valence-electron chi connectivity index (χ0n) is 14.7. The molecule has 1 amide bonds. The number of nitrogens with one attached hydrogen (secondary N) is 1. The number of piperidine rings is 1. The molecule has 2 N–H and O–H groups in total. The monoisotopic (exact) mass is 344 g/mol. The zero-order valence-corrected chi connectivity index (χ0v) is 14.7. The van der Waals surface area contributed by atoms with Crippen LogP contribution in [-0.2, 0) is 15.0 Å². The van der Waals surface area contributed by atoms with Gasteiger partial charge in [0, 0.05) is 12.0 Å². The van der Waals surface area contributed by atoms with Crippen LogP contribution in [0.4, 0.5) is 0 Å². The summed E-state index contributed by atoms with van der Waals surface area (Å²) in [5.41, 5.74) is 1.33. The van der Waals surface area contributed by atoms with E-state index >= 15 is 0 Å². The predicted molar refractivity (Wildman–Crippen MR) is 96.4 cm³/mol. The Morgan fingerprint density at radius 3 is 2.52 bits per heavy atom. The predicted octanol–water partition coefficient (Wildman–Crippen LogP) is 2.55. The van der Waals surface area contributed by atoms with Crippen molar-refractivity contribution in [2.45, 2.75) is 56.4 Å². The topological polar surface area (TPSA) is 69.6 Å². The highest BCUT2D eigenvalue weighted by Gasteiger charge is 2.36. The van der Waals surface area contributed by atoms with Crippen LogP contribution >= 0.6 is 0 Å². The van der Waals surface area contributed by atoms with Crippen LogP contribution in [0.25, 0.3) is 0 Å². The van der Waals surface area contributed by atoms with Crippen LogP contribution in [0, 0.1) is 0 Å². The third-order valence-corrected chi connectivity index (χ3v) is 5.82. The molecular formula is C20H28N2O3. The van der Waals surface area contributed by atoms with Crippen LogP contribution in [0.5, 0.6) is 0 Å². The first kappa shape index (κ1) is 17.9. The number of amides is 1. The first-order valence-corrected chi connectivity index (χ1v) is 9.40. The number of rotatable bonds is 6. The molecule has 3 rings (SSSR count). The molecule has 0 spiro atoms. The van der Waals surface area contributed by atoms with Crippen LogP contribution in [0.15, 0.2) is 30.3 Å². The molecule has 1 aromatic carbocycles. The van der Waals surface area contributed by atoms with Gasteiger partial charge in [-0.2, -0.15) is 0 Å². The van der Waals surface area contributed by atoms with Crippen LogP contribution in [0.3, 0.4) is 0 Å². The summed E-state index contributed by atoms with van der Waals surface area (Å²) in [5.74, 6) is -0.876. The van der Waals surface area contributed by atoms with E-state index in [4.69, 9.17) is 0 Å². The summed E-state index contributed by atoms with van der Waals surface area (Å²) >= 11 is 0. The lowest BCUT2D eigenvalue weighted by molar-refractivity contribution is -0.145. The first-order valence-electron chi connectivity index (χ1n) is 9.40. The molecule has 25 heavy (non-hydrogen) atoms. The number of likely N-dealkylation sites (tertiary alicyclic amines) is 1. The van der Waals surface area contributed by atoms with Crippen LogP contribution in [0.2, 0.25) is 0 Å². The highest BCUT2D eigenvalue weighted by Crippen LogP contribution is 2.40. The SMILES string of the molecule is O=C(CN1CCCCC1C(=O)O)NCC1(c2ccccc2)CCCC1. The maximum atomic E-state index is 12.5. The number of benzene rings is 1. The Balaban J connectivity index is 1.60. The Morgan fingerprint density at radius 2 is 1.84 bits per heavy atom. The van der Waals surface area contributed by atoms with Gasteiger partial charge in [0.2, 0.25) is 5.91 Å². The van der Waals surface area contributed by atoms with Gasteiger partial charge >= 0.3 is 5.97 Å². The standard InChI is InChI=1S/C20H28N2O3/c23-18(14-22-13-7-4-10-17(22)19(24)25)21-15-20(11-5-6-12-20)16-8-2-1-3-9-16/h1-3,8-9,17H,4-7,10-15H2,(H,21,23)(H,24,25). The summed E-state index contributed by atoms with van der Waals surface area (Å²) in [5, 5.41) is 12.4. The van der Waals surface area contributed by atoms with Crippen molar-refractivity contribution in [3.05, 3.63) is 35.9 Å². The van der Waals surface area contributed by atoms with Crippen molar-refractivity contribution in [1.29, 1.82) is 0 Å². The van der Waals surface area contributed by atoms with Crippen molar-refractivity contribution < 1.29 is 14.7 Å². The van der Waals surface area contributed by atoms with Crippen molar-refractivity contribution in [3.63, 3.8) is 0 Å². The van der Waals surface area contributed by atoms with Crippen molar-refractivity contribution in [1.82, 2.24) is 10.2 Å². The summed E-state index contributed by atoms with van der Waals surface area (Å²) in [6, 6.07) is 9.93. The van der Waals surface area contributed by atoms with Crippen molar-refractivity contribution >= 4 is 11.9 Å². The van der Waals surface area contributed by atoms with Gasteiger partial charge in [-0.3, -0.25) is 14.5 Å². The number of nitrogens with zero attached hydrogens (tertiary/aromatic N) is 1. The lowest BCUT2D eigenvalue weighted by Crippen LogP contribution is -2.50. The normalized spacial score (nSPS) is 23.3. The number of carbonyl (C=O) groups is 2. The highest BCUT2D eigenvalue weighted by molar-refractivity contribution is 5.80. The molecule has 2 aliphatic rings. The molecule has 1 atom stereocenters. The molecule has 0 radical (unpaired) electrons. The Bertz CT molecular complexity index is 596. The zero-order chi connectivity index (χ0) is 17.7. The molecule has 0 bridgehead atoms. The molecule has 1 aliphatic heterocycles. The van der Waals surface area contributed by atoms with E-state index < -0.39 is 12.0 Å². The van der Waals surface area contributed by atoms with E-state index in [1.54, 1.807) is 0 Å². The van der Waals surface area contributed by atoms with Gasteiger partial charge in [0.1, 0.15) is 6.04 Å². The Morgan fingerprint density at radius 1 is 1.12 bits per heavy atom. The molecule has 1 aromatic rings. The highest BCUT2D eigenvalue weighted by atomic mass is 16.4. The van der Waals surface area contributed by atoms with Crippen molar-refractivity contribution in [2.24, 2.45) is 0 Å². The van der Waals surface area contributed by atoms with Gasteiger partial charge in [0.15, 0.2) is 0 Å². The molecule has 2 fully saturated rings. The van der Waals surface area contributed by atoms with Gasteiger partial charge in [0.25, 0.3) is 0 Å². The maximum Gasteiger partial charge on any atom is 0.320 e. The minimum absolute atomic E-state index is 0.0328. The number of carbonyl (C=O) groups excluding carboxylic acids is 1. The Kier molecular flexibility index (Phi) is 5.74. The van der Waals surface area contributed by atoms with E-state index in [1.807, 2.05) is 11.0 Å². The molecule has 5 nitrogen and oxygen atoms in total. The maximum absolute atomic E-state index is 12.5. The lowest BCUT2D eigenvalue weighted by atomic mass is 9.79. The molecular weight excluding hydrogens is 316 g/mol. The van der Waals surface area contributed by atoms with Crippen LogP contribution in [-0.4, -0.2) is 47.6 Å². The molecule has 1 saturated heterocycles. The molecule has 0 aromatic heterocycles. The Hall–Kier alpha value is -1.88. The molecule has 5 heteroatoms. The van der Waals surface area contributed by atoms with Gasteiger partial charge in [0.05, 0.1) is 6.54 Å². The van der Waals surface area contributed by atoms with Gasteiger partial charge in [-0.15, -0.1) is 0 Å². The van der Waals surface area contributed by atoms with Crippen LogP contribution in [0.1, 0.15) is 50.5 Å². The van der Waals surface area contributed by atoms with Gasteiger partial charge < -0.3 is 10.4 Å². The fraction of sp³-hybridized carbons (Fsp3) is 0.600.